The molecule has 2 N–H and O–H groups in total. The van der Waals surface area contributed by atoms with E-state index in [1.807, 2.05) is 0 Å². The Morgan fingerprint density at radius 2 is 1.81 bits per heavy atom. The van der Waals surface area contributed by atoms with Gasteiger partial charge in [-0.25, -0.2) is 4.39 Å². The van der Waals surface area contributed by atoms with E-state index in [-0.39, 0.29) is 28.7 Å². The third-order valence-electron chi connectivity index (χ3n) is 5.59. The standard InChI is InChI=1S/C22H18F4N2O3/c1-20(2,9-18(29)30)28-11-12(10-27-28)15-7-13(23)8-17-19(15)14-5-3-4-6-16(14)21(17,31)22(24,25)26/h3-8,10-11,31H,9H2,1-2H3,(H,29,30)/t21-/m1/s1. The van der Waals surface area contributed by atoms with E-state index < -0.39 is 34.7 Å². The number of aliphatic hydroxyl groups is 1. The van der Waals surface area contributed by atoms with Crippen molar-refractivity contribution in [2.45, 2.75) is 37.6 Å². The normalized spacial score (nSPS) is 18.0. The number of rotatable bonds is 4. The zero-order valence-electron chi connectivity index (χ0n) is 16.5. The Kier molecular flexibility index (Phi) is 4.51. The van der Waals surface area contributed by atoms with E-state index in [2.05, 4.69) is 5.10 Å². The van der Waals surface area contributed by atoms with E-state index in [1.165, 1.54) is 41.3 Å². The number of nitrogens with zero attached hydrogens (tertiary/aromatic N) is 2. The van der Waals surface area contributed by atoms with E-state index in [0.717, 1.165) is 6.07 Å². The summed E-state index contributed by atoms with van der Waals surface area (Å²) in [6, 6.07) is 7.32. The third-order valence-corrected chi connectivity index (χ3v) is 5.59. The Bertz CT molecular complexity index is 1200. The van der Waals surface area contributed by atoms with Gasteiger partial charge in [0.15, 0.2) is 0 Å². The van der Waals surface area contributed by atoms with E-state index in [9.17, 15) is 27.5 Å². The fraction of sp³-hybridized carbons (Fsp3) is 0.273. The van der Waals surface area contributed by atoms with Crippen LogP contribution < -0.4 is 0 Å². The van der Waals surface area contributed by atoms with Gasteiger partial charge in [-0.2, -0.15) is 18.3 Å². The van der Waals surface area contributed by atoms with Gasteiger partial charge in [0.2, 0.25) is 5.60 Å². The molecule has 0 saturated carbocycles. The van der Waals surface area contributed by atoms with Crippen LogP contribution >= 0.6 is 0 Å². The van der Waals surface area contributed by atoms with Crippen molar-refractivity contribution in [1.82, 2.24) is 9.78 Å². The number of carboxylic acid groups (broad SMARTS) is 1. The third kappa shape index (κ3) is 3.11. The smallest absolute Gasteiger partial charge is 0.425 e. The van der Waals surface area contributed by atoms with Crippen LogP contribution in [-0.2, 0) is 15.9 Å². The highest BCUT2D eigenvalue weighted by molar-refractivity contribution is 5.92. The molecule has 0 bridgehead atoms. The van der Waals surface area contributed by atoms with E-state index in [4.69, 9.17) is 5.11 Å². The number of fused-ring (bicyclic) bond motifs is 3. The Hall–Kier alpha value is -3.20. The molecule has 0 radical (unpaired) electrons. The van der Waals surface area contributed by atoms with Gasteiger partial charge < -0.3 is 10.2 Å². The maximum atomic E-state index is 14.5. The van der Waals surface area contributed by atoms with Crippen LogP contribution in [0.4, 0.5) is 17.6 Å². The van der Waals surface area contributed by atoms with Crippen molar-refractivity contribution in [3.8, 4) is 22.3 Å². The molecule has 31 heavy (non-hydrogen) atoms. The molecule has 0 aliphatic heterocycles. The Balaban J connectivity index is 1.96. The van der Waals surface area contributed by atoms with E-state index in [1.54, 1.807) is 13.8 Å². The van der Waals surface area contributed by atoms with Crippen LogP contribution in [0.3, 0.4) is 0 Å². The number of hydrogen-bond acceptors (Lipinski definition) is 3. The number of carboxylic acids is 1. The van der Waals surface area contributed by atoms with Crippen molar-refractivity contribution in [2.24, 2.45) is 0 Å². The number of alkyl halides is 3. The molecule has 0 saturated heterocycles. The van der Waals surface area contributed by atoms with Gasteiger partial charge in [-0.3, -0.25) is 9.48 Å². The maximum absolute atomic E-state index is 14.5. The first kappa shape index (κ1) is 21.0. The number of aromatic nitrogens is 2. The number of aliphatic carboxylic acids is 1. The maximum Gasteiger partial charge on any atom is 0.425 e. The summed E-state index contributed by atoms with van der Waals surface area (Å²) in [5.74, 6) is -1.99. The lowest BCUT2D eigenvalue weighted by molar-refractivity contribution is -0.246. The predicted molar refractivity (Wildman–Crippen MR) is 104 cm³/mol. The second-order valence-corrected chi connectivity index (χ2v) is 8.19. The van der Waals surface area contributed by atoms with Gasteiger partial charge in [0, 0.05) is 22.9 Å². The zero-order valence-corrected chi connectivity index (χ0v) is 16.5. The molecule has 1 aliphatic rings. The fourth-order valence-electron chi connectivity index (χ4n) is 4.12. The van der Waals surface area contributed by atoms with Crippen LogP contribution in [-0.4, -0.2) is 32.1 Å². The second kappa shape index (κ2) is 6.65. The molecule has 0 unspecified atom stereocenters. The van der Waals surface area contributed by atoms with Gasteiger partial charge in [-0.15, -0.1) is 0 Å². The van der Waals surface area contributed by atoms with Crippen molar-refractivity contribution < 1.29 is 32.6 Å². The lowest BCUT2D eigenvalue weighted by Gasteiger charge is -2.28. The number of benzene rings is 2. The van der Waals surface area contributed by atoms with Crippen molar-refractivity contribution in [2.75, 3.05) is 0 Å². The molecule has 4 rings (SSSR count). The van der Waals surface area contributed by atoms with Crippen LogP contribution in [0, 0.1) is 5.82 Å². The van der Waals surface area contributed by atoms with Crippen molar-refractivity contribution >= 4 is 5.97 Å². The SMILES string of the molecule is CC(C)(CC(=O)O)n1cc(-c2cc(F)cc3c2-c2ccccc2[C@]3(O)C(F)(F)F)cn1. The molecule has 3 aromatic rings. The Morgan fingerprint density at radius 3 is 2.45 bits per heavy atom. The molecule has 5 nitrogen and oxygen atoms in total. The van der Waals surface area contributed by atoms with Crippen LogP contribution in [0.2, 0.25) is 0 Å². The summed E-state index contributed by atoms with van der Waals surface area (Å²) < 4.78 is 57.9. The highest BCUT2D eigenvalue weighted by atomic mass is 19.4. The van der Waals surface area contributed by atoms with E-state index in [0.29, 0.717) is 11.6 Å². The minimum absolute atomic E-state index is 0.0624. The summed E-state index contributed by atoms with van der Waals surface area (Å²) in [4.78, 5) is 11.1. The molecule has 1 heterocycles. The van der Waals surface area contributed by atoms with Gasteiger partial charge in [0.25, 0.3) is 0 Å². The number of halogens is 4. The number of hydrogen-bond donors (Lipinski definition) is 2. The van der Waals surface area contributed by atoms with Crippen molar-refractivity contribution in [1.29, 1.82) is 0 Å². The minimum Gasteiger partial charge on any atom is -0.481 e. The van der Waals surface area contributed by atoms with Gasteiger partial charge in [-0.1, -0.05) is 24.3 Å². The molecule has 1 atom stereocenters. The monoisotopic (exact) mass is 434 g/mol. The van der Waals surface area contributed by atoms with Crippen LogP contribution in [0.25, 0.3) is 22.3 Å². The van der Waals surface area contributed by atoms with Crippen LogP contribution in [0.1, 0.15) is 31.4 Å². The van der Waals surface area contributed by atoms with Crippen molar-refractivity contribution in [3.63, 3.8) is 0 Å². The highest BCUT2D eigenvalue weighted by Crippen LogP contribution is 2.57. The Morgan fingerprint density at radius 1 is 1.13 bits per heavy atom. The quantitative estimate of drug-likeness (QED) is 0.585. The van der Waals surface area contributed by atoms with Gasteiger partial charge >= 0.3 is 12.1 Å². The molecule has 0 fully saturated rings. The molecule has 9 heteroatoms. The number of carbonyl (C=O) groups is 1. The van der Waals surface area contributed by atoms with Gasteiger partial charge in [0.05, 0.1) is 18.2 Å². The van der Waals surface area contributed by atoms with Gasteiger partial charge in [-0.05, 0) is 42.7 Å². The largest absolute Gasteiger partial charge is 0.481 e. The molecule has 0 amide bonds. The topological polar surface area (TPSA) is 75.3 Å². The van der Waals surface area contributed by atoms with E-state index >= 15 is 0 Å². The highest BCUT2D eigenvalue weighted by Gasteiger charge is 2.61. The summed E-state index contributed by atoms with van der Waals surface area (Å²) in [6.45, 7) is 3.29. The molecule has 162 valence electrons. The van der Waals surface area contributed by atoms with Crippen molar-refractivity contribution in [3.05, 3.63) is 65.7 Å². The summed E-state index contributed by atoms with van der Waals surface area (Å²) >= 11 is 0. The zero-order chi connectivity index (χ0) is 22.8. The minimum atomic E-state index is -5.08. The lowest BCUT2D eigenvalue weighted by atomic mass is 9.89. The average molecular weight is 434 g/mol. The predicted octanol–water partition coefficient (Wildman–Crippen LogP) is 4.68. The second-order valence-electron chi connectivity index (χ2n) is 8.19. The summed E-state index contributed by atoms with van der Waals surface area (Å²) in [5.41, 5.74) is -4.61. The van der Waals surface area contributed by atoms with Gasteiger partial charge in [0.1, 0.15) is 5.82 Å². The van der Waals surface area contributed by atoms with Crippen LogP contribution in [0.15, 0.2) is 48.8 Å². The first-order valence-corrected chi connectivity index (χ1v) is 9.36. The van der Waals surface area contributed by atoms with Crippen LogP contribution in [0.5, 0.6) is 0 Å². The Labute approximate surface area is 174 Å². The summed E-state index contributed by atoms with van der Waals surface area (Å²) in [7, 11) is 0. The first-order chi connectivity index (χ1) is 14.4. The molecular weight excluding hydrogens is 416 g/mol. The molecule has 2 aromatic carbocycles. The molecule has 0 spiro atoms. The molecule has 1 aliphatic carbocycles. The summed E-state index contributed by atoms with van der Waals surface area (Å²) in [5, 5.41) is 24.1. The average Bonchev–Trinajstić information content (AvgIpc) is 3.24. The molecular formula is C22H18F4N2O3. The summed E-state index contributed by atoms with van der Waals surface area (Å²) in [6.07, 6.45) is -2.52. The fourth-order valence-corrected chi connectivity index (χ4v) is 4.12. The first-order valence-electron chi connectivity index (χ1n) is 9.36. The lowest BCUT2D eigenvalue weighted by Crippen LogP contribution is -2.41. The molecule has 1 aromatic heterocycles.